The van der Waals surface area contributed by atoms with Crippen LogP contribution < -0.4 is 5.32 Å². The highest BCUT2D eigenvalue weighted by Crippen LogP contribution is 2.18. The van der Waals surface area contributed by atoms with Gasteiger partial charge in [0.25, 0.3) is 0 Å². The summed E-state index contributed by atoms with van der Waals surface area (Å²) in [4.78, 5) is 11.8. The molecule has 1 aliphatic heterocycles. The first kappa shape index (κ1) is 10.6. The third-order valence-corrected chi connectivity index (χ3v) is 2.89. The fraction of sp³-hybridized carbons (Fsp3) is 0.364. The van der Waals surface area contributed by atoms with Crippen molar-refractivity contribution in [2.24, 2.45) is 0 Å². The third-order valence-electron chi connectivity index (χ3n) is 2.58. The smallest absolute Gasteiger partial charge is 0.179 e. The van der Waals surface area contributed by atoms with E-state index >= 15 is 0 Å². The highest BCUT2D eigenvalue weighted by molar-refractivity contribution is 6.30. The van der Waals surface area contributed by atoms with E-state index in [9.17, 15) is 9.18 Å². The Labute approximate surface area is 92.4 Å². The first-order chi connectivity index (χ1) is 7.18. The largest absolute Gasteiger partial charge is 0.307 e. The van der Waals surface area contributed by atoms with Gasteiger partial charge in [-0.3, -0.25) is 4.79 Å². The van der Waals surface area contributed by atoms with Crippen LogP contribution in [0.15, 0.2) is 18.2 Å². The molecule has 0 aromatic heterocycles. The summed E-state index contributed by atoms with van der Waals surface area (Å²) in [5.74, 6) is -0.594. The highest BCUT2D eigenvalue weighted by Gasteiger charge is 2.23. The van der Waals surface area contributed by atoms with E-state index in [1.807, 2.05) is 0 Å². The molecule has 2 rings (SSSR count). The maximum atomic E-state index is 13.1. The molecule has 0 spiro atoms. The Bertz CT molecular complexity index is 388. The molecule has 2 nitrogen and oxygen atoms in total. The molecule has 1 N–H and O–H groups in total. The quantitative estimate of drug-likeness (QED) is 0.787. The van der Waals surface area contributed by atoms with Gasteiger partial charge in [-0.1, -0.05) is 11.6 Å². The average Bonchev–Trinajstić information content (AvgIpc) is 2.74. The van der Waals surface area contributed by atoms with Gasteiger partial charge in [0.1, 0.15) is 5.82 Å². The van der Waals surface area contributed by atoms with Crippen molar-refractivity contribution in [2.45, 2.75) is 18.9 Å². The average molecular weight is 228 g/mol. The van der Waals surface area contributed by atoms with Crippen molar-refractivity contribution in [1.29, 1.82) is 0 Å². The standard InChI is InChI=1S/C11H11ClFNO/c12-8-4-3-7(6-9(8)13)11(15)10-2-1-5-14-10/h3-4,6,10,14H,1-2,5H2. The van der Waals surface area contributed by atoms with Crippen LogP contribution in [0.2, 0.25) is 5.02 Å². The van der Waals surface area contributed by atoms with Crippen LogP contribution in [0.25, 0.3) is 0 Å². The molecule has 1 heterocycles. The summed E-state index contributed by atoms with van der Waals surface area (Å²) in [5.41, 5.74) is 0.385. The van der Waals surface area contributed by atoms with E-state index in [4.69, 9.17) is 11.6 Å². The van der Waals surface area contributed by atoms with Gasteiger partial charge in [-0.15, -0.1) is 0 Å². The number of hydrogen-bond donors (Lipinski definition) is 1. The van der Waals surface area contributed by atoms with Gasteiger partial charge in [-0.25, -0.2) is 4.39 Å². The highest BCUT2D eigenvalue weighted by atomic mass is 35.5. The topological polar surface area (TPSA) is 29.1 Å². The van der Waals surface area contributed by atoms with Crippen molar-refractivity contribution in [3.63, 3.8) is 0 Å². The van der Waals surface area contributed by atoms with E-state index in [2.05, 4.69) is 5.32 Å². The van der Waals surface area contributed by atoms with Gasteiger partial charge in [-0.2, -0.15) is 0 Å². The fourth-order valence-corrected chi connectivity index (χ4v) is 1.88. The minimum absolute atomic E-state index is 0.0472. The van der Waals surface area contributed by atoms with Gasteiger partial charge < -0.3 is 5.32 Å². The second-order valence-corrected chi connectivity index (χ2v) is 4.05. The van der Waals surface area contributed by atoms with E-state index in [1.165, 1.54) is 12.1 Å². The number of Topliss-reactive ketones (excluding diaryl/α,β-unsaturated/α-hetero) is 1. The van der Waals surface area contributed by atoms with E-state index in [-0.39, 0.29) is 16.8 Å². The van der Waals surface area contributed by atoms with Gasteiger partial charge in [-0.05, 0) is 37.6 Å². The lowest BCUT2D eigenvalue weighted by Gasteiger charge is -2.08. The summed E-state index contributed by atoms with van der Waals surface area (Å²) in [6.45, 7) is 0.854. The second kappa shape index (κ2) is 4.29. The lowest BCUT2D eigenvalue weighted by atomic mass is 10.0. The summed E-state index contributed by atoms with van der Waals surface area (Å²) in [6.07, 6.45) is 1.82. The van der Waals surface area contributed by atoms with Crippen molar-refractivity contribution in [3.8, 4) is 0 Å². The Balaban J connectivity index is 2.21. The van der Waals surface area contributed by atoms with Crippen molar-refractivity contribution < 1.29 is 9.18 Å². The number of nitrogens with one attached hydrogen (secondary N) is 1. The van der Waals surface area contributed by atoms with Crippen LogP contribution in [0.4, 0.5) is 4.39 Å². The summed E-state index contributed by atoms with van der Waals surface area (Å²) in [6, 6.07) is 4.02. The van der Waals surface area contributed by atoms with E-state index in [0.717, 1.165) is 19.4 Å². The minimum Gasteiger partial charge on any atom is -0.307 e. The Morgan fingerprint density at radius 2 is 2.33 bits per heavy atom. The SMILES string of the molecule is O=C(c1ccc(Cl)c(F)c1)C1CCCN1. The van der Waals surface area contributed by atoms with E-state index in [0.29, 0.717) is 5.56 Å². The minimum atomic E-state index is -0.541. The molecule has 1 atom stereocenters. The molecule has 0 bridgehead atoms. The van der Waals surface area contributed by atoms with Gasteiger partial charge >= 0.3 is 0 Å². The molecule has 0 saturated carbocycles. The van der Waals surface area contributed by atoms with Gasteiger partial charge in [0.15, 0.2) is 5.78 Å². The zero-order chi connectivity index (χ0) is 10.8. The number of carbonyl (C=O) groups excluding carboxylic acids is 1. The number of halogens is 2. The molecule has 1 aromatic rings. The van der Waals surface area contributed by atoms with Crippen LogP contribution in [0.1, 0.15) is 23.2 Å². The normalized spacial score (nSPS) is 20.5. The Hall–Kier alpha value is -0.930. The summed E-state index contributed by atoms with van der Waals surface area (Å²) >= 11 is 5.54. The first-order valence-corrected chi connectivity index (χ1v) is 5.29. The zero-order valence-electron chi connectivity index (χ0n) is 8.09. The Morgan fingerprint density at radius 1 is 1.53 bits per heavy atom. The van der Waals surface area contributed by atoms with Gasteiger partial charge in [0.2, 0.25) is 0 Å². The lowest BCUT2D eigenvalue weighted by Crippen LogP contribution is -2.30. The number of rotatable bonds is 2. The predicted molar refractivity (Wildman–Crippen MR) is 56.8 cm³/mol. The van der Waals surface area contributed by atoms with E-state index < -0.39 is 5.82 Å². The summed E-state index contributed by atoms with van der Waals surface area (Å²) < 4.78 is 13.1. The molecule has 4 heteroatoms. The maximum absolute atomic E-state index is 13.1. The molecule has 80 valence electrons. The molecular formula is C11H11ClFNO. The first-order valence-electron chi connectivity index (χ1n) is 4.91. The van der Waals surface area contributed by atoms with Gasteiger partial charge in [0, 0.05) is 5.56 Å². The lowest BCUT2D eigenvalue weighted by molar-refractivity contribution is 0.0952. The van der Waals surface area contributed by atoms with Crippen molar-refractivity contribution in [2.75, 3.05) is 6.54 Å². The fourth-order valence-electron chi connectivity index (χ4n) is 1.76. The number of carbonyl (C=O) groups is 1. The molecule has 15 heavy (non-hydrogen) atoms. The molecular weight excluding hydrogens is 217 g/mol. The molecule has 1 aromatic carbocycles. The van der Waals surface area contributed by atoms with E-state index in [1.54, 1.807) is 6.07 Å². The molecule has 1 fully saturated rings. The summed E-state index contributed by atoms with van der Waals surface area (Å²) in [5, 5.41) is 3.13. The van der Waals surface area contributed by atoms with Crippen molar-refractivity contribution in [3.05, 3.63) is 34.6 Å². The monoisotopic (exact) mass is 227 g/mol. The Kier molecular flexibility index (Phi) is 3.03. The second-order valence-electron chi connectivity index (χ2n) is 3.64. The Morgan fingerprint density at radius 3 is 2.93 bits per heavy atom. The third kappa shape index (κ3) is 2.19. The van der Waals surface area contributed by atoms with Crippen molar-refractivity contribution >= 4 is 17.4 Å². The van der Waals surface area contributed by atoms with Crippen LogP contribution in [0.3, 0.4) is 0 Å². The number of hydrogen-bond acceptors (Lipinski definition) is 2. The zero-order valence-corrected chi connectivity index (χ0v) is 8.85. The number of ketones is 1. The molecule has 0 amide bonds. The molecule has 1 saturated heterocycles. The number of benzene rings is 1. The van der Waals surface area contributed by atoms with Crippen LogP contribution >= 0.6 is 11.6 Å². The molecule has 1 unspecified atom stereocenters. The van der Waals surface area contributed by atoms with Crippen molar-refractivity contribution in [1.82, 2.24) is 5.32 Å². The molecule has 0 radical (unpaired) electrons. The molecule has 0 aliphatic carbocycles. The predicted octanol–water partition coefficient (Wildman–Crippen LogP) is 2.41. The molecule has 1 aliphatic rings. The van der Waals surface area contributed by atoms with Crippen LogP contribution in [-0.4, -0.2) is 18.4 Å². The van der Waals surface area contributed by atoms with Crippen LogP contribution in [0.5, 0.6) is 0 Å². The van der Waals surface area contributed by atoms with Crippen LogP contribution in [0, 0.1) is 5.82 Å². The maximum Gasteiger partial charge on any atom is 0.179 e. The van der Waals surface area contributed by atoms with Crippen LogP contribution in [-0.2, 0) is 0 Å². The van der Waals surface area contributed by atoms with Gasteiger partial charge in [0.05, 0.1) is 11.1 Å². The summed E-state index contributed by atoms with van der Waals surface area (Å²) in [7, 11) is 0.